The summed E-state index contributed by atoms with van der Waals surface area (Å²) in [7, 11) is 0. The summed E-state index contributed by atoms with van der Waals surface area (Å²) in [5, 5.41) is 6.82. The predicted molar refractivity (Wildman–Crippen MR) is 114 cm³/mol. The molecule has 0 spiro atoms. The number of urea groups is 1. The van der Waals surface area contributed by atoms with E-state index in [1.54, 1.807) is 19.1 Å². The lowest BCUT2D eigenvalue weighted by Crippen LogP contribution is -2.49. The fourth-order valence-electron chi connectivity index (χ4n) is 3.10. The van der Waals surface area contributed by atoms with E-state index in [9.17, 15) is 9.59 Å². The van der Waals surface area contributed by atoms with Gasteiger partial charge in [0.1, 0.15) is 5.54 Å². The Bertz CT molecular complexity index is 870. The highest BCUT2D eigenvalue weighted by Crippen LogP contribution is 2.27. The molecule has 1 aliphatic heterocycles. The number of amides is 3. The summed E-state index contributed by atoms with van der Waals surface area (Å²) in [6, 6.07) is 16.5. The molecule has 3 N–H and O–H groups in total. The molecule has 0 radical (unpaired) electrons. The molecular formula is C21H24N4O2S. The number of anilines is 1. The molecule has 0 aromatic heterocycles. The molecule has 1 heterocycles. The number of carbonyl (C=O) groups is 2. The minimum absolute atomic E-state index is 0.169. The Balaban J connectivity index is 1.64. The highest BCUT2D eigenvalue weighted by molar-refractivity contribution is 7.80. The van der Waals surface area contributed by atoms with Gasteiger partial charge >= 0.3 is 6.03 Å². The van der Waals surface area contributed by atoms with Crippen LogP contribution in [0.15, 0.2) is 54.6 Å². The zero-order valence-corrected chi connectivity index (χ0v) is 16.8. The van der Waals surface area contributed by atoms with Gasteiger partial charge in [-0.1, -0.05) is 55.8 Å². The van der Waals surface area contributed by atoms with Crippen molar-refractivity contribution in [1.29, 1.82) is 0 Å². The van der Waals surface area contributed by atoms with E-state index >= 15 is 0 Å². The predicted octanol–water partition coefficient (Wildman–Crippen LogP) is 3.70. The molecule has 0 bridgehead atoms. The van der Waals surface area contributed by atoms with Crippen LogP contribution >= 0.6 is 12.2 Å². The van der Waals surface area contributed by atoms with Crippen molar-refractivity contribution in [2.75, 3.05) is 5.32 Å². The molecule has 1 saturated heterocycles. The Kier molecular flexibility index (Phi) is 5.94. The second-order valence-corrected chi connectivity index (χ2v) is 7.34. The van der Waals surface area contributed by atoms with Crippen LogP contribution in [-0.2, 0) is 16.8 Å². The topological polar surface area (TPSA) is 73.5 Å². The molecule has 0 aliphatic carbocycles. The van der Waals surface area contributed by atoms with E-state index in [4.69, 9.17) is 12.2 Å². The lowest BCUT2D eigenvalue weighted by molar-refractivity contribution is -0.132. The van der Waals surface area contributed by atoms with E-state index in [0.717, 1.165) is 30.0 Å². The van der Waals surface area contributed by atoms with Gasteiger partial charge in [-0.05, 0) is 55.2 Å². The van der Waals surface area contributed by atoms with Crippen LogP contribution < -0.4 is 16.1 Å². The first kappa shape index (κ1) is 19.8. The lowest BCUT2D eigenvalue weighted by atomic mass is 9.92. The Labute approximate surface area is 170 Å². The number of aryl methyl sites for hydroxylation is 1. The molecule has 1 fully saturated rings. The molecule has 1 atom stereocenters. The number of hydrogen-bond acceptors (Lipinski definition) is 3. The van der Waals surface area contributed by atoms with Crippen LogP contribution in [0, 0.1) is 0 Å². The smallest absolute Gasteiger partial charge is 0.331 e. The van der Waals surface area contributed by atoms with Gasteiger partial charge in [0, 0.05) is 5.69 Å². The number of hydrogen-bond donors (Lipinski definition) is 3. The maximum Gasteiger partial charge on any atom is 0.344 e. The van der Waals surface area contributed by atoms with Gasteiger partial charge in [-0.2, -0.15) is 5.01 Å². The molecular weight excluding hydrogens is 372 g/mol. The molecule has 2 aromatic rings. The monoisotopic (exact) mass is 396 g/mol. The zero-order valence-electron chi connectivity index (χ0n) is 16.0. The minimum Gasteiger partial charge on any atom is -0.331 e. The second-order valence-electron chi connectivity index (χ2n) is 6.93. The number of carbonyl (C=O) groups excluding carboxylic acids is 2. The summed E-state index contributed by atoms with van der Waals surface area (Å²) < 4.78 is 0. The second kappa shape index (κ2) is 8.39. The van der Waals surface area contributed by atoms with Crippen LogP contribution in [0.4, 0.5) is 10.5 Å². The number of rotatable bonds is 6. The summed E-state index contributed by atoms with van der Waals surface area (Å²) in [5.74, 6) is -0.414. The zero-order chi connectivity index (χ0) is 20.1. The normalized spacial score (nSPS) is 18.7. The summed E-state index contributed by atoms with van der Waals surface area (Å²) in [5.41, 5.74) is 4.31. The number of unbranched alkanes of at least 4 members (excludes halogenated alkanes) is 1. The molecule has 6 nitrogen and oxygen atoms in total. The SMILES string of the molecule is CCCCc1ccc(NC(=S)NN2C(=O)N[C@@](C)(c3ccccc3)C2=O)cc1. The third-order valence-electron chi connectivity index (χ3n) is 4.79. The number of benzene rings is 2. The van der Waals surface area contributed by atoms with Gasteiger partial charge in [0.25, 0.3) is 5.91 Å². The van der Waals surface area contributed by atoms with Crippen molar-refractivity contribution in [2.24, 2.45) is 0 Å². The fourth-order valence-corrected chi connectivity index (χ4v) is 3.31. The maximum atomic E-state index is 12.9. The summed E-state index contributed by atoms with van der Waals surface area (Å²) >= 11 is 5.28. The van der Waals surface area contributed by atoms with E-state index in [1.165, 1.54) is 5.56 Å². The summed E-state index contributed by atoms with van der Waals surface area (Å²) in [4.78, 5) is 25.2. The van der Waals surface area contributed by atoms with Crippen LogP contribution in [0.1, 0.15) is 37.8 Å². The van der Waals surface area contributed by atoms with Gasteiger partial charge in [0.2, 0.25) is 0 Å². The fraction of sp³-hybridized carbons (Fsp3) is 0.286. The average molecular weight is 397 g/mol. The van der Waals surface area contributed by atoms with Crippen molar-refractivity contribution in [3.05, 3.63) is 65.7 Å². The number of imide groups is 1. The van der Waals surface area contributed by atoms with E-state index in [1.807, 2.05) is 42.5 Å². The van der Waals surface area contributed by atoms with Crippen molar-refractivity contribution in [3.63, 3.8) is 0 Å². The molecule has 2 aromatic carbocycles. The first-order valence-electron chi connectivity index (χ1n) is 9.33. The summed E-state index contributed by atoms with van der Waals surface area (Å²) in [6.07, 6.45) is 3.35. The van der Waals surface area contributed by atoms with Gasteiger partial charge < -0.3 is 10.6 Å². The Morgan fingerprint density at radius 1 is 1.11 bits per heavy atom. The quantitative estimate of drug-likeness (QED) is 0.513. The van der Waals surface area contributed by atoms with Crippen LogP contribution in [0.25, 0.3) is 0 Å². The Morgan fingerprint density at radius 2 is 1.79 bits per heavy atom. The van der Waals surface area contributed by atoms with Gasteiger partial charge in [-0.3, -0.25) is 10.2 Å². The first-order valence-corrected chi connectivity index (χ1v) is 9.73. The Hall–Kier alpha value is -2.93. The molecule has 0 unspecified atom stereocenters. The van der Waals surface area contributed by atoms with Crippen molar-refractivity contribution < 1.29 is 9.59 Å². The van der Waals surface area contributed by atoms with Crippen molar-refractivity contribution >= 4 is 35.0 Å². The van der Waals surface area contributed by atoms with Gasteiger partial charge in [-0.25, -0.2) is 4.79 Å². The number of thiocarbonyl (C=S) groups is 1. The van der Waals surface area contributed by atoms with E-state index in [-0.39, 0.29) is 5.11 Å². The number of nitrogens with one attached hydrogen (secondary N) is 3. The highest BCUT2D eigenvalue weighted by Gasteiger charge is 2.49. The van der Waals surface area contributed by atoms with Crippen molar-refractivity contribution in [2.45, 2.75) is 38.6 Å². The average Bonchev–Trinajstić information content (AvgIpc) is 2.92. The lowest BCUT2D eigenvalue weighted by Gasteiger charge is -2.22. The van der Waals surface area contributed by atoms with Crippen LogP contribution in [-0.4, -0.2) is 22.1 Å². The third kappa shape index (κ3) is 4.14. The maximum absolute atomic E-state index is 12.9. The van der Waals surface area contributed by atoms with E-state index in [2.05, 4.69) is 23.0 Å². The van der Waals surface area contributed by atoms with Crippen LogP contribution in [0.2, 0.25) is 0 Å². The molecule has 0 saturated carbocycles. The molecule has 3 amide bonds. The molecule has 28 heavy (non-hydrogen) atoms. The molecule has 1 aliphatic rings. The Morgan fingerprint density at radius 3 is 2.43 bits per heavy atom. The molecule has 146 valence electrons. The largest absolute Gasteiger partial charge is 0.344 e. The molecule has 7 heteroatoms. The number of hydrazine groups is 1. The van der Waals surface area contributed by atoms with E-state index in [0.29, 0.717) is 5.56 Å². The van der Waals surface area contributed by atoms with E-state index < -0.39 is 17.5 Å². The highest BCUT2D eigenvalue weighted by atomic mass is 32.1. The summed E-state index contributed by atoms with van der Waals surface area (Å²) in [6.45, 7) is 3.84. The minimum atomic E-state index is -1.14. The van der Waals surface area contributed by atoms with Crippen LogP contribution in [0.3, 0.4) is 0 Å². The van der Waals surface area contributed by atoms with Crippen molar-refractivity contribution in [3.8, 4) is 0 Å². The van der Waals surface area contributed by atoms with Crippen molar-refractivity contribution in [1.82, 2.24) is 15.8 Å². The first-order chi connectivity index (χ1) is 13.4. The van der Waals surface area contributed by atoms with Gasteiger partial charge in [0.05, 0.1) is 0 Å². The number of nitrogens with zero attached hydrogens (tertiary/aromatic N) is 1. The van der Waals surface area contributed by atoms with Gasteiger partial charge in [-0.15, -0.1) is 0 Å². The van der Waals surface area contributed by atoms with Crippen LogP contribution in [0.5, 0.6) is 0 Å². The molecule has 3 rings (SSSR count). The standard InChI is InChI=1S/C21H24N4O2S/c1-3-4-8-15-11-13-17(14-12-15)22-19(28)24-25-18(26)21(2,23-20(25)27)16-9-6-5-7-10-16/h5-7,9-14H,3-4,8H2,1-2H3,(H,23,27)(H2,22,24,28)/t21-/m0/s1. The third-order valence-corrected chi connectivity index (χ3v) is 4.98. The van der Waals surface area contributed by atoms with Gasteiger partial charge in [0.15, 0.2) is 5.11 Å².